The van der Waals surface area contributed by atoms with E-state index in [0.717, 1.165) is 49.0 Å². The second kappa shape index (κ2) is 18.0. The molecule has 5 nitrogen and oxygen atoms in total. The molecule has 0 heterocycles. The first-order valence-electron chi connectivity index (χ1n) is 16.8. The Labute approximate surface area is 273 Å². The maximum Gasteiger partial charge on any atom is 0.258 e. The minimum absolute atomic E-state index is 0.0156. The first kappa shape index (κ1) is 36.1. The van der Waals surface area contributed by atoms with Crippen molar-refractivity contribution in [1.82, 2.24) is 5.32 Å². The van der Waals surface area contributed by atoms with Gasteiger partial charge in [0, 0.05) is 13.2 Å². The van der Waals surface area contributed by atoms with Gasteiger partial charge in [-0.2, -0.15) is 0 Å². The summed E-state index contributed by atoms with van der Waals surface area (Å²) in [4.78, 5) is 12.3. The molecule has 0 saturated carbocycles. The number of benzene rings is 3. The van der Waals surface area contributed by atoms with Crippen LogP contribution in [0, 0.1) is 0 Å². The van der Waals surface area contributed by atoms with Crippen LogP contribution in [0.3, 0.4) is 0 Å². The quantitative estimate of drug-likeness (QED) is 0.0835. The van der Waals surface area contributed by atoms with Gasteiger partial charge in [0.1, 0.15) is 11.5 Å². The Morgan fingerprint density at radius 1 is 0.711 bits per heavy atom. The van der Waals surface area contributed by atoms with Gasteiger partial charge in [-0.05, 0) is 88.0 Å². The van der Waals surface area contributed by atoms with Gasteiger partial charge >= 0.3 is 0 Å². The Morgan fingerprint density at radius 2 is 1.24 bits per heavy atom. The minimum Gasteiger partial charge on any atom is -0.543 e. The Morgan fingerprint density at radius 3 is 1.76 bits per heavy atom. The molecular formula is C39H55NO4Si. The van der Waals surface area contributed by atoms with Gasteiger partial charge in [0.15, 0.2) is 6.61 Å². The molecule has 3 aromatic carbocycles. The molecule has 3 rings (SSSR count). The molecule has 0 unspecified atom stereocenters. The largest absolute Gasteiger partial charge is 0.543 e. The molecule has 0 aliphatic heterocycles. The number of allylic oxidation sites excluding steroid dienone is 1. The zero-order valence-corrected chi connectivity index (χ0v) is 29.6. The maximum absolute atomic E-state index is 12.3. The van der Waals surface area contributed by atoms with Gasteiger partial charge in [0.2, 0.25) is 0 Å². The molecule has 6 heteroatoms. The summed E-state index contributed by atoms with van der Waals surface area (Å²) in [7, 11) is -2.06. The molecule has 1 amide bonds. The predicted octanol–water partition coefficient (Wildman–Crippen LogP) is 9.66. The van der Waals surface area contributed by atoms with Crippen molar-refractivity contribution in [3.63, 3.8) is 0 Å². The predicted molar refractivity (Wildman–Crippen MR) is 191 cm³/mol. The van der Waals surface area contributed by atoms with Crippen LogP contribution in [0.4, 0.5) is 0 Å². The smallest absolute Gasteiger partial charge is 0.258 e. The van der Waals surface area contributed by atoms with Crippen molar-refractivity contribution < 1.29 is 19.1 Å². The van der Waals surface area contributed by atoms with E-state index >= 15 is 0 Å². The average molecular weight is 630 g/mol. The van der Waals surface area contributed by atoms with E-state index in [1.807, 2.05) is 12.1 Å². The van der Waals surface area contributed by atoms with Crippen LogP contribution in [-0.2, 0) is 4.79 Å². The molecular weight excluding hydrogens is 575 g/mol. The lowest BCUT2D eigenvalue weighted by Crippen LogP contribution is -2.50. The van der Waals surface area contributed by atoms with Crippen LogP contribution in [0.25, 0.3) is 11.1 Å². The Kier molecular flexibility index (Phi) is 14.4. The SMILES string of the molecule is CC/C(=C(/c1ccc(OCC(=O)NCCCCCCO)cc1)c1ccc(O[Si](C(C)C)(C(C)C)C(C)C)cc1)c1ccccc1. The topological polar surface area (TPSA) is 67.8 Å². The number of carbonyl (C=O) groups excluding carboxylic acids is 1. The lowest BCUT2D eigenvalue weighted by Gasteiger charge is -2.42. The van der Waals surface area contributed by atoms with Gasteiger partial charge in [-0.25, -0.2) is 0 Å². The summed E-state index contributed by atoms with van der Waals surface area (Å²) in [5.74, 6) is 1.49. The summed E-state index contributed by atoms with van der Waals surface area (Å²) >= 11 is 0. The van der Waals surface area contributed by atoms with Gasteiger partial charge in [-0.15, -0.1) is 0 Å². The Hall–Kier alpha value is -3.35. The highest BCUT2D eigenvalue weighted by Crippen LogP contribution is 2.43. The maximum atomic E-state index is 12.3. The second-order valence-electron chi connectivity index (χ2n) is 12.8. The summed E-state index contributed by atoms with van der Waals surface area (Å²) < 4.78 is 12.8. The van der Waals surface area contributed by atoms with Gasteiger partial charge in [0.25, 0.3) is 14.2 Å². The summed E-state index contributed by atoms with van der Waals surface area (Å²) in [6.45, 7) is 16.9. The number of hydrogen-bond donors (Lipinski definition) is 2. The van der Waals surface area contributed by atoms with Gasteiger partial charge in [-0.3, -0.25) is 4.79 Å². The van der Waals surface area contributed by atoms with E-state index < -0.39 is 8.32 Å². The van der Waals surface area contributed by atoms with E-state index in [4.69, 9.17) is 14.3 Å². The second-order valence-corrected chi connectivity index (χ2v) is 18.2. The molecule has 0 spiro atoms. The van der Waals surface area contributed by atoms with Gasteiger partial charge in [0.05, 0.1) is 0 Å². The third-order valence-corrected chi connectivity index (χ3v) is 14.8. The molecule has 0 fully saturated rings. The molecule has 0 aliphatic carbocycles. The van der Waals surface area contributed by atoms with Gasteiger partial charge in [-0.1, -0.05) is 116 Å². The van der Waals surface area contributed by atoms with E-state index in [9.17, 15) is 4.79 Å². The standard InChI is InChI=1S/C39H55NO4Si/c1-8-37(32-16-12-11-13-17-32)39(34-20-24-36(25-21-34)44-45(29(2)3,30(4)5)31(6)7)33-18-22-35(23-19-33)43-28-38(42)40-26-14-9-10-15-27-41/h11-13,16-25,29-31,41H,8-10,14-15,26-28H2,1-7H3,(H,40,42)/b39-37+. The molecule has 45 heavy (non-hydrogen) atoms. The lowest BCUT2D eigenvalue weighted by atomic mass is 9.88. The molecule has 3 aromatic rings. The normalized spacial score (nSPS) is 12.4. The highest BCUT2D eigenvalue weighted by atomic mass is 28.4. The molecule has 0 aliphatic rings. The van der Waals surface area contributed by atoms with Crippen LogP contribution in [0.5, 0.6) is 11.5 Å². The molecule has 244 valence electrons. The van der Waals surface area contributed by atoms with E-state index in [1.54, 1.807) is 0 Å². The number of rotatable bonds is 18. The van der Waals surface area contributed by atoms with Crippen molar-refractivity contribution in [3.05, 3.63) is 95.6 Å². The van der Waals surface area contributed by atoms with Crippen LogP contribution in [0.1, 0.15) is 97.3 Å². The Balaban J connectivity index is 1.85. The fraction of sp³-hybridized carbons (Fsp3) is 0.462. The molecule has 0 aromatic heterocycles. The summed E-state index contributed by atoms with van der Waals surface area (Å²) in [5.41, 5.74) is 7.41. The van der Waals surface area contributed by atoms with Crippen molar-refractivity contribution in [2.75, 3.05) is 19.8 Å². The monoisotopic (exact) mass is 629 g/mol. The van der Waals surface area contributed by atoms with Crippen molar-refractivity contribution >= 4 is 25.4 Å². The van der Waals surface area contributed by atoms with Crippen molar-refractivity contribution in [2.45, 2.75) is 97.2 Å². The zero-order chi connectivity index (χ0) is 32.8. The lowest BCUT2D eigenvalue weighted by molar-refractivity contribution is -0.123. The number of amides is 1. The number of ether oxygens (including phenoxy) is 1. The fourth-order valence-electron chi connectivity index (χ4n) is 6.66. The van der Waals surface area contributed by atoms with Crippen LogP contribution in [-0.4, -0.2) is 39.1 Å². The van der Waals surface area contributed by atoms with Crippen LogP contribution < -0.4 is 14.5 Å². The molecule has 2 N–H and O–H groups in total. The van der Waals surface area contributed by atoms with E-state index in [0.29, 0.717) is 28.9 Å². The number of aliphatic hydroxyl groups is 1. The van der Waals surface area contributed by atoms with Crippen LogP contribution >= 0.6 is 0 Å². The number of hydrogen-bond acceptors (Lipinski definition) is 4. The zero-order valence-electron chi connectivity index (χ0n) is 28.6. The van der Waals surface area contributed by atoms with Crippen molar-refractivity contribution in [2.24, 2.45) is 0 Å². The Bertz CT molecular complexity index is 1310. The third-order valence-electron chi connectivity index (χ3n) is 8.84. The van der Waals surface area contributed by atoms with Crippen LogP contribution in [0.15, 0.2) is 78.9 Å². The fourth-order valence-corrected chi connectivity index (χ4v) is 11.9. The van der Waals surface area contributed by atoms with E-state index in [1.165, 1.54) is 16.7 Å². The summed E-state index contributed by atoms with van der Waals surface area (Å²) in [5, 5.41) is 11.8. The number of unbranched alkanes of at least 4 members (excludes halogenated alkanes) is 3. The minimum atomic E-state index is -2.06. The van der Waals surface area contributed by atoms with E-state index in [-0.39, 0.29) is 19.1 Å². The number of nitrogens with one attached hydrogen (secondary N) is 1. The van der Waals surface area contributed by atoms with Crippen molar-refractivity contribution in [1.29, 1.82) is 0 Å². The third kappa shape index (κ3) is 9.82. The van der Waals surface area contributed by atoms with E-state index in [2.05, 4.69) is 121 Å². The summed E-state index contributed by atoms with van der Waals surface area (Å²) in [6.07, 6.45) is 4.56. The first-order chi connectivity index (χ1) is 21.6. The van der Waals surface area contributed by atoms with Crippen LogP contribution in [0.2, 0.25) is 16.6 Å². The molecule has 0 saturated heterocycles. The summed E-state index contributed by atoms with van der Waals surface area (Å²) in [6, 6.07) is 27.3. The van der Waals surface area contributed by atoms with Crippen molar-refractivity contribution in [3.8, 4) is 11.5 Å². The number of carbonyl (C=O) groups is 1. The average Bonchev–Trinajstić information content (AvgIpc) is 3.03. The highest BCUT2D eigenvalue weighted by Gasteiger charge is 2.47. The number of aliphatic hydroxyl groups excluding tert-OH is 1. The molecule has 0 bridgehead atoms. The molecule has 0 radical (unpaired) electrons. The van der Waals surface area contributed by atoms with Gasteiger partial charge < -0.3 is 19.6 Å². The molecule has 0 atom stereocenters. The highest BCUT2D eigenvalue weighted by molar-refractivity contribution is 6.78. The first-order valence-corrected chi connectivity index (χ1v) is 19.0.